The zero-order valence-corrected chi connectivity index (χ0v) is 20.7. The van der Waals surface area contributed by atoms with Gasteiger partial charge in [0, 0.05) is 26.9 Å². The predicted octanol–water partition coefficient (Wildman–Crippen LogP) is 4.70. The Bertz CT molecular complexity index is 1210. The minimum Gasteiger partial charge on any atom is -0.466 e. The highest BCUT2D eigenvalue weighted by atomic mass is 79.9. The van der Waals surface area contributed by atoms with Crippen LogP contribution in [-0.2, 0) is 19.1 Å². The lowest BCUT2D eigenvalue weighted by Crippen LogP contribution is -2.24. The SMILES string of the molecule is COC(=O)C1=C(C(=O)OC)C2C(C)=C(C)C1P2c1ccccc1C#Cc1ccccc1Br. The molecule has 0 saturated carbocycles. The molecule has 2 atom stereocenters. The molecule has 4 rings (SSSR count). The first-order valence-electron chi connectivity index (χ1n) is 10.1. The van der Waals surface area contributed by atoms with Gasteiger partial charge in [0.25, 0.3) is 0 Å². The number of hydrogen-bond acceptors (Lipinski definition) is 4. The summed E-state index contributed by atoms with van der Waals surface area (Å²) in [5.74, 6) is 5.66. The minimum absolute atomic E-state index is 0.178. The first kappa shape index (κ1) is 22.5. The van der Waals surface area contributed by atoms with Gasteiger partial charge in [-0.2, -0.15) is 0 Å². The topological polar surface area (TPSA) is 52.6 Å². The molecule has 0 spiro atoms. The number of ether oxygens (including phenoxy) is 2. The van der Waals surface area contributed by atoms with Gasteiger partial charge in [0.2, 0.25) is 0 Å². The Morgan fingerprint density at radius 1 is 0.812 bits per heavy atom. The van der Waals surface area contributed by atoms with Gasteiger partial charge in [0.15, 0.2) is 0 Å². The first-order valence-corrected chi connectivity index (χ1v) is 12.4. The van der Waals surface area contributed by atoms with E-state index in [1.807, 2.05) is 56.3 Å². The molecule has 2 aromatic rings. The molecule has 0 radical (unpaired) electrons. The van der Waals surface area contributed by atoms with E-state index < -0.39 is 19.9 Å². The fourth-order valence-electron chi connectivity index (χ4n) is 4.45. The van der Waals surface area contributed by atoms with E-state index in [0.717, 1.165) is 32.1 Å². The Balaban J connectivity index is 1.84. The van der Waals surface area contributed by atoms with Crippen LogP contribution in [-0.4, -0.2) is 37.5 Å². The smallest absolute Gasteiger partial charge is 0.335 e. The van der Waals surface area contributed by atoms with Crippen molar-refractivity contribution in [1.29, 1.82) is 0 Å². The zero-order chi connectivity index (χ0) is 23.0. The molecule has 0 fully saturated rings. The normalized spacial score (nSPS) is 21.3. The molecule has 6 heteroatoms. The van der Waals surface area contributed by atoms with Gasteiger partial charge in [-0.15, -0.1) is 0 Å². The molecule has 0 aliphatic carbocycles. The van der Waals surface area contributed by atoms with Crippen molar-refractivity contribution in [2.75, 3.05) is 14.2 Å². The number of allylic oxidation sites excluding steroid dienone is 2. The van der Waals surface area contributed by atoms with E-state index in [9.17, 15) is 9.59 Å². The molecule has 2 heterocycles. The lowest BCUT2D eigenvalue weighted by Gasteiger charge is -2.22. The number of esters is 2. The van der Waals surface area contributed by atoms with Gasteiger partial charge in [-0.1, -0.05) is 53.3 Å². The summed E-state index contributed by atoms with van der Waals surface area (Å²) in [7, 11) is 1.74. The van der Waals surface area contributed by atoms with Crippen LogP contribution in [0.2, 0.25) is 0 Å². The minimum atomic E-state index is -0.958. The predicted molar refractivity (Wildman–Crippen MR) is 130 cm³/mol. The number of carbonyl (C=O) groups is 2. The van der Waals surface area contributed by atoms with Crippen LogP contribution in [0, 0.1) is 11.8 Å². The van der Waals surface area contributed by atoms with E-state index in [0.29, 0.717) is 11.1 Å². The molecule has 162 valence electrons. The Morgan fingerprint density at radius 3 is 1.81 bits per heavy atom. The van der Waals surface area contributed by atoms with Crippen molar-refractivity contribution < 1.29 is 19.1 Å². The Morgan fingerprint density at radius 2 is 1.28 bits per heavy atom. The van der Waals surface area contributed by atoms with E-state index in [2.05, 4.69) is 33.8 Å². The highest BCUT2D eigenvalue weighted by Gasteiger charge is 2.55. The lowest BCUT2D eigenvalue weighted by atomic mass is 9.87. The van der Waals surface area contributed by atoms with Crippen LogP contribution in [0.15, 0.2) is 75.3 Å². The van der Waals surface area contributed by atoms with Gasteiger partial charge in [0.1, 0.15) is 0 Å². The van der Waals surface area contributed by atoms with Gasteiger partial charge in [0.05, 0.1) is 25.4 Å². The summed E-state index contributed by atoms with van der Waals surface area (Å²) >= 11 is 3.55. The second-order valence-electron chi connectivity index (χ2n) is 7.64. The van der Waals surface area contributed by atoms with Crippen LogP contribution in [0.25, 0.3) is 0 Å². The molecule has 0 amide bonds. The maximum absolute atomic E-state index is 12.8. The Hall–Kier alpha value is -2.67. The van der Waals surface area contributed by atoms with Crippen molar-refractivity contribution in [3.05, 3.63) is 86.4 Å². The first-order chi connectivity index (χ1) is 15.4. The summed E-state index contributed by atoms with van der Waals surface area (Å²) in [5.41, 5.74) is 4.58. The van der Waals surface area contributed by atoms with Crippen LogP contribution < -0.4 is 5.30 Å². The average Bonchev–Trinajstić information content (AvgIpc) is 3.28. The van der Waals surface area contributed by atoms with Crippen LogP contribution in [0.5, 0.6) is 0 Å². The fraction of sp³-hybridized carbons (Fsp3) is 0.231. The van der Waals surface area contributed by atoms with E-state index in [1.165, 1.54) is 14.2 Å². The summed E-state index contributed by atoms with van der Waals surface area (Å²) in [6.07, 6.45) is 0. The summed E-state index contributed by atoms with van der Waals surface area (Å²) < 4.78 is 11.1. The summed E-state index contributed by atoms with van der Waals surface area (Å²) in [5, 5.41) is 1.08. The van der Waals surface area contributed by atoms with Crippen molar-refractivity contribution in [1.82, 2.24) is 0 Å². The monoisotopic (exact) mass is 508 g/mol. The number of halogens is 1. The van der Waals surface area contributed by atoms with Crippen molar-refractivity contribution in [3.8, 4) is 11.8 Å². The second kappa shape index (κ2) is 9.06. The maximum atomic E-state index is 12.8. The Labute approximate surface area is 197 Å². The number of methoxy groups -OCH3 is 2. The summed E-state index contributed by atoms with van der Waals surface area (Å²) in [6.45, 7) is 4.09. The molecule has 2 aromatic carbocycles. The summed E-state index contributed by atoms with van der Waals surface area (Å²) in [6, 6.07) is 15.8. The van der Waals surface area contributed by atoms with Crippen LogP contribution >= 0.6 is 23.9 Å². The standard InChI is InChI=1S/C26H22BrO4P/c1-15-16(2)24-22(26(29)31-4)21(25(28)30-3)23(15)32(24)20-12-8-6-10-18(20)14-13-17-9-5-7-11-19(17)27/h5-12,23-24H,1-4H3. The molecule has 2 bridgehead atoms. The van der Waals surface area contributed by atoms with Gasteiger partial charge < -0.3 is 9.47 Å². The molecule has 2 unspecified atom stereocenters. The average molecular weight is 509 g/mol. The van der Waals surface area contributed by atoms with Crippen molar-refractivity contribution in [3.63, 3.8) is 0 Å². The Kier molecular flexibility index (Phi) is 6.38. The third-order valence-electron chi connectivity index (χ3n) is 6.03. The molecule has 4 nitrogen and oxygen atoms in total. The zero-order valence-electron chi connectivity index (χ0n) is 18.2. The summed E-state index contributed by atoms with van der Waals surface area (Å²) in [4.78, 5) is 25.5. The number of carbonyl (C=O) groups excluding carboxylic acids is 2. The number of benzene rings is 2. The van der Waals surface area contributed by atoms with Crippen molar-refractivity contribution in [2.24, 2.45) is 0 Å². The van der Waals surface area contributed by atoms with E-state index in [-0.39, 0.29) is 11.3 Å². The molecule has 0 aromatic heterocycles. The third kappa shape index (κ3) is 3.62. The highest BCUT2D eigenvalue weighted by molar-refractivity contribution is 9.10. The maximum Gasteiger partial charge on any atom is 0.335 e. The lowest BCUT2D eigenvalue weighted by molar-refractivity contribution is -0.139. The molecule has 2 aliphatic heterocycles. The van der Waals surface area contributed by atoms with E-state index >= 15 is 0 Å². The molecule has 0 saturated heterocycles. The third-order valence-corrected chi connectivity index (χ3v) is 10.1. The van der Waals surface area contributed by atoms with E-state index in [1.54, 1.807) is 0 Å². The van der Waals surface area contributed by atoms with Crippen molar-refractivity contribution in [2.45, 2.75) is 25.2 Å². The molecular formula is C26H22BrO4P. The number of fused-ring (bicyclic) bond motifs is 2. The quantitative estimate of drug-likeness (QED) is 0.261. The van der Waals surface area contributed by atoms with Crippen LogP contribution in [0.1, 0.15) is 25.0 Å². The second-order valence-corrected chi connectivity index (χ2v) is 10.8. The molecule has 0 N–H and O–H groups in total. The van der Waals surface area contributed by atoms with Gasteiger partial charge in [-0.3, -0.25) is 0 Å². The highest BCUT2D eigenvalue weighted by Crippen LogP contribution is 2.67. The van der Waals surface area contributed by atoms with Crippen molar-refractivity contribution >= 4 is 41.1 Å². The van der Waals surface area contributed by atoms with Crippen LogP contribution in [0.4, 0.5) is 0 Å². The largest absolute Gasteiger partial charge is 0.466 e. The molecular weight excluding hydrogens is 487 g/mol. The van der Waals surface area contributed by atoms with Gasteiger partial charge in [-0.05, 0) is 61.2 Å². The molecule has 32 heavy (non-hydrogen) atoms. The van der Waals surface area contributed by atoms with Gasteiger partial charge in [-0.25, -0.2) is 9.59 Å². The number of hydrogen-bond donors (Lipinski definition) is 0. The van der Waals surface area contributed by atoms with Crippen LogP contribution in [0.3, 0.4) is 0 Å². The molecule has 2 aliphatic rings. The number of rotatable bonds is 3. The van der Waals surface area contributed by atoms with E-state index in [4.69, 9.17) is 9.47 Å². The van der Waals surface area contributed by atoms with Gasteiger partial charge >= 0.3 is 11.9 Å². The fourth-order valence-corrected chi connectivity index (χ4v) is 8.64.